The Balaban J connectivity index is 0.000000487. The molecule has 0 spiro atoms. The van der Waals surface area contributed by atoms with E-state index in [1.54, 1.807) is 13.8 Å². The van der Waals surface area contributed by atoms with Gasteiger partial charge < -0.3 is 10.4 Å². The lowest BCUT2D eigenvalue weighted by Gasteiger charge is -2.02. The minimum Gasteiger partial charge on any atom is -0.394 e. The van der Waals surface area contributed by atoms with Crippen LogP contribution in [0, 0.1) is 6.92 Å². The average Bonchev–Trinajstić information content (AvgIpc) is 2.20. The van der Waals surface area contributed by atoms with Gasteiger partial charge in [-0.3, -0.25) is 0 Å². The number of thiol groups is 1. The summed E-state index contributed by atoms with van der Waals surface area (Å²) in [6.07, 6.45) is -0.167. The van der Waals surface area contributed by atoms with Gasteiger partial charge in [0, 0.05) is 24.9 Å². The van der Waals surface area contributed by atoms with Crippen LogP contribution >= 0.6 is 12.6 Å². The predicted molar refractivity (Wildman–Crippen MR) is 74.1 cm³/mol. The molecule has 2 N–H and O–H groups in total. The second-order valence-corrected chi connectivity index (χ2v) is 4.43. The molecular weight excluding hydrogens is 218 g/mol. The molecule has 16 heavy (non-hydrogen) atoms. The van der Waals surface area contributed by atoms with Crippen LogP contribution in [0.2, 0.25) is 0 Å². The largest absolute Gasteiger partial charge is 0.394 e. The minimum absolute atomic E-state index is 0.167. The van der Waals surface area contributed by atoms with Crippen molar-refractivity contribution in [3.05, 3.63) is 35.4 Å². The van der Waals surface area contributed by atoms with E-state index in [1.165, 1.54) is 11.1 Å². The van der Waals surface area contributed by atoms with Crippen LogP contribution in [0.15, 0.2) is 24.3 Å². The highest BCUT2D eigenvalue weighted by atomic mass is 32.1. The summed E-state index contributed by atoms with van der Waals surface area (Å²) in [7, 11) is 0. The Hall–Kier alpha value is -0.510. The smallest absolute Gasteiger partial charge is 0.0483 e. The lowest BCUT2D eigenvalue weighted by atomic mass is 10.1. The molecule has 0 aromatic heterocycles. The van der Waals surface area contributed by atoms with E-state index >= 15 is 0 Å². The summed E-state index contributed by atoms with van der Waals surface area (Å²) >= 11 is 4.12. The van der Waals surface area contributed by atoms with E-state index in [0.29, 0.717) is 0 Å². The molecule has 0 fully saturated rings. The normalized spacial score (nSPS) is 9.88. The molecule has 0 radical (unpaired) electrons. The maximum absolute atomic E-state index is 8.06. The van der Waals surface area contributed by atoms with Crippen molar-refractivity contribution in [1.82, 2.24) is 5.32 Å². The topological polar surface area (TPSA) is 32.3 Å². The first-order valence-corrected chi connectivity index (χ1v) is 6.24. The van der Waals surface area contributed by atoms with Gasteiger partial charge in [0.25, 0.3) is 0 Å². The standard InChI is InChI=1S/C10H15NS.C3H8O/c1-9-2-4-10(5-3-9)8-11-6-7-12;1-3(2)4/h2-5,11-12H,6-8H2,1H3;3-4H,1-2H3. The highest BCUT2D eigenvalue weighted by molar-refractivity contribution is 7.80. The van der Waals surface area contributed by atoms with Gasteiger partial charge in [0.1, 0.15) is 0 Å². The molecular formula is C13H23NOS. The van der Waals surface area contributed by atoms with Crippen molar-refractivity contribution < 1.29 is 5.11 Å². The van der Waals surface area contributed by atoms with Crippen molar-refractivity contribution in [3.63, 3.8) is 0 Å². The lowest BCUT2D eigenvalue weighted by molar-refractivity contribution is 0.216. The van der Waals surface area contributed by atoms with Gasteiger partial charge in [-0.15, -0.1) is 0 Å². The number of rotatable bonds is 4. The van der Waals surface area contributed by atoms with E-state index in [9.17, 15) is 0 Å². The van der Waals surface area contributed by atoms with E-state index < -0.39 is 0 Å². The van der Waals surface area contributed by atoms with Crippen molar-refractivity contribution in [2.45, 2.75) is 33.4 Å². The fourth-order valence-corrected chi connectivity index (χ4v) is 1.18. The zero-order valence-electron chi connectivity index (χ0n) is 10.4. The van der Waals surface area contributed by atoms with Gasteiger partial charge in [0.2, 0.25) is 0 Å². The summed E-state index contributed by atoms with van der Waals surface area (Å²) in [6.45, 7) is 7.46. The fourth-order valence-electron chi connectivity index (χ4n) is 1.02. The summed E-state index contributed by atoms with van der Waals surface area (Å²) in [5, 5.41) is 11.3. The molecule has 0 heterocycles. The van der Waals surface area contributed by atoms with Crippen LogP contribution in [0.5, 0.6) is 0 Å². The first kappa shape index (κ1) is 15.5. The second-order valence-electron chi connectivity index (χ2n) is 3.98. The second kappa shape index (κ2) is 9.70. The molecule has 0 saturated carbocycles. The third-order valence-electron chi connectivity index (χ3n) is 1.74. The van der Waals surface area contributed by atoms with Gasteiger partial charge >= 0.3 is 0 Å². The fraction of sp³-hybridized carbons (Fsp3) is 0.538. The highest BCUT2D eigenvalue weighted by Gasteiger charge is 1.90. The van der Waals surface area contributed by atoms with Crippen molar-refractivity contribution in [2.24, 2.45) is 0 Å². The maximum Gasteiger partial charge on any atom is 0.0483 e. The first-order chi connectivity index (χ1) is 7.56. The SMILES string of the molecule is CC(C)O.Cc1ccc(CNCCS)cc1. The molecule has 0 bridgehead atoms. The Bertz CT molecular complexity index is 256. The van der Waals surface area contributed by atoms with Gasteiger partial charge in [-0.1, -0.05) is 29.8 Å². The van der Waals surface area contributed by atoms with Gasteiger partial charge in [0.15, 0.2) is 0 Å². The quantitative estimate of drug-likeness (QED) is 0.559. The van der Waals surface area contributed by atoms with E-state index in [1.807, 2.05) is 0 Å². The third-order valence-corrected chi connectivity index (χ3v) is 1.96. The van der Waals surface area contributed by atoms with Crippen LogP contribution in [-0.4, -0.2) is 23.5 Å². The molecule has 0 atom stereocenters. The number of aliphatic hydroxyl groups excluding tert-OH is 1. The molecule has 0 aliphatic rings. The average molecular weight is 241 g/mol. The highest BCUT2D eigenvalue weighted by Crippen LogP contribution is 2.01. The van der Waals surface area contributed by atoms with E-state index in [2.05, 4.69) is 49.1 Å². The third kappa shape index (κ3) is 10.0. The van der Waals surface area contributed by atoms with Crippen molar-refractivity contribution in [3.8, 4) is 0 Å². The summed E-state index contributed by atoms with van der Waals surface area (Å²) in [5.74, 6) is 0.895. The minimum atomic E-state index is -0.167. The molecule has 1 aromatic rings. The zero-order valence-corrected chi connectivity index (χ0v) is 11.3. The van der Waals surface area contributed by atoms with Crippen LogP contribution in [0.25, 0.3) is 0 Å². The van der Waals surface area contributed by atoms with Gasteiger partial charge in [0.05, 0.1) is 0 Å². The van der Waals surface area contributed by atoms with E-state index in [4.69, 9.17) is 5.11 Å². The maximum atomic E-state index is 8.06. The Morgan fingerprint density at radius 3 is 2.19 bits per heavy atom. The first-order valence-electron chi connectivity index (χ1n) is 5.61. The van der Waals surface area contributed by atoms with Crippen LogP contribution < -0.4 is 5.32 Å². The summed E-state index contributed by atoms with van der Waals surface area (Å²) in [6, 6.07) is 8.58. The number of benzene rings is 1. The molecule has 92 valence electrons. The zero-order chi connectivity index (χ0) is 12.4. The van der Waals surface area contributed by atoms with Gasteiger partial charge in [-0.2, -0.15) is 12.6 Å². The molecule has 1 aromatic carbocycles. The summed E-state index contributed by atoms with van der Waals surface area (Å²) in [4.78, 5) is 0. The lowest BCUT2D eigenvalue weighted by Crippen LogP contribution is -2.15. The Kier molecular flexibility index (Phi) is 9.39. The van der Waals surface area contributed by atoms with E-state index in [0.717, 1.165) is 18.8 Å². The molecule has 1 rings (SSSR count). The van der Waals surface area contributed by atoms with Crippen molar-refractivity contribution in [2.75, 3.05) is 12.3 Å². The Morgan fingerprint density at radius 2 is 1.75 bits per heavy atom. The summed E-state index contributed by atoms with van der Waals surface area (Å²) in [5.41, 5.74) is 2.65. The molecule has 0 aliphatic heterocycles. The van der Waals surface area contributed by atoms with Gasteiger partial charge in [-0.05, 0) is 26.3 Å². The van der Waals surface area contributed by atoms with Crippen LogP contribution in [-0.2, 0) is 6.54 Å². The molecule has 3 heteroatoms. The molecule has 0 aliphatic carbocycles. The van der Waals surface area contributed by atoms with Crippen LogP contribution in [0.3, 0.4) is 0 Å². The number of nitrogens with one attached hydrogen (secondary N) is 1. The Labute approximate surface area is 104 Å². The number of hydrogen-bond donors (Lipinski definition) is 3. The Morgan fingerprint density at radius 1 is 1.25 bits per heavy atom. The number of aliphatic hydroxyl groups is 1. The van der Waals surface area contributed by atoms with Crippen molar-refractivity contribution in [1.29, 1.82) is 0 Å². The number of aryl methyl sites for hydroxylation is 1. The summed E-state index contributed by atoms with van der Waals surface area (Å²) < 4.78 is 0. The molecule has 0 unspecified atom stereocenters. The monoisotopic (exact) mass is 241 g/mol. The molecule has 2 nitrogen and oxygen atoms in total. The predicted octanol–water partition coefficient (Wildman–Crippen LogP) is 2.40. The van der Waals surface area contributed by atoms with Gasteiger partial charge in [-0.25, -0.2) is 0 Å². The van der Waals surface area contributed by atoms with Crippen LogP contribution in [0.4, 0.5) is 0 Å². The van der Waals surface area contributed by atoms with E-state index in [-0.39, 0.29) is 6.10 Å². The number of hydrogen-bond acceptors (Lipinski definition) is 3. The van der Waals surface area contributed by atoms with Crippen LogP contribution in [0.1, 0.15) is 25.0 Å². The van der Waals surface area contributed by atoms with Crippen molar-refractivity contribution >= 4 is 12.6 Å². The molecule has 0 saturated heterocycles. The molecule has 0 amide bonds.